The van der Waals surface area contributed by atoms with E-state index in [9.17, 15) is 23.3 Å². The third-order valence-electron chi connectivity index (χ3n) is 4.46. The van der Waals surface area contributed by atoms with E-state index in [1.54, 1.807) is 0 Å². The average molecular weight is 412 g/mol. The molecule has 2 aromatic rings. The van der Waals surface area contributed by atoms with Crippen molar-refractivity contribution in [3.63, 3.8) is 0 Å². The molecule has 29 heavy (non-hydrogen) atoms. The smallest absolute Gasteiger partial charge is 0.406 e. The van der Waals surface area contributed by atoms with E-state index >= 15 is 0 Å². The normalized spacial score (nSPS) is 15.2. The van der Waals surface area contributed by atoms with E-state index in [2.05, 4.69) is 31.8 Å². The number of likely N-dealkylation sites (N-methyl/N-ethyl adjacent to an activating group) is 1. The Morgan fingerprint density at radius 2 is 1.83 bits per heavy atom. The second-order valence-corrected chi connectivity index (χ2v) is 6.27. The molecule has 1 aromatic carbocycles. The van der Waals surface area contributed by atoms with Crippen LogP contribution in [0.1, 0.15) is 6.92 Å². The van der Waals surface area contributed by atoms with Crippen molar-refractivity contribution in [2.24, 2.45) is 0 Å². The highest BCUT2D eigenvalue weighted by Gasteiger charge is 2.31. The molecule has 0 bridgehead atoms. The molecule has 1 aliphatic rings. The summed E-state index contributed by atoms with van der Waals surface area (Å²) >= 11 is 0. The van der Waals surface area contributed by atoms with Crippen molar-refractivity contribution < 1.29 is 22.8 Å². The summed E-state index contributed by atoms with van der Waals surface area (Å²) in [5.41, 5.74) is 0.0381. The molecule has 0 atom stereocenters. The van der Waals surface area contributed by atoms with Gasteiger partial charge in [-0.25, -0.2) is 9.97 Å². The van der Waals surface area contributed by atoms with Crippen LogP contribution in [-0.4, -0.2) is 58.9 Å². The van der Waals surface area contributed by atoms with Crippen LogP contribution in [-0.2, 0) is 0 Å². The van der Waals surface area contributed by atoms with Crippen molar-refractivity contribution >= 4 is 23.0 Å². The minimum Gasteiger partial charge on any atom is -0.406 e. The third-order valence-corrected chi connectivity index (χ3v) is 4.46. The zero-order chi connectivity index (χ0) is 21.0. The van der Waals surface area contributed by atoms with E-state index in [-0.39, 0.29) is 17.3 Å². The van der Waals surface area contributed by atoms with Gasteiger partial charge in [0.15, 0.2) is 0 Å². The first-order valence-corrected chi connectivity index (χ1v) is 8.86. The standard InChI is InChI=1S/C17H19F3N6O3/c1-2-24-7-9-25(10-8-24)16-14(26(27)28)15(21-11-22-16)23-12-3-5-13(6-4-12)29-17(18,19)20/h3-6,11H,2,7-10H2,1H3,(H,21,22,23). The second kappa shape index (κ2) is 8.47. The Morgan fingerprint density at radius 1 is 1.17 bits per heavy atom. The molecule has 2 heterocycles. The quantitative estimate of drug-likeness (QED) is 0.571. The minimum atomic E-state index is -4.79. The molecule has 156 valence electrons. The zero-order valence-electron chi connectivity index (χ0n) is 15.5. The number of aromatic nitrogens is 2. The summed E-state index contributed by atoms with van der Waals surface area (Å²) in [5, 5.41) is 14.5. The average Bonchev–Trinajstić information content (AvgIpc) is 2.68. The summed E-state index contributed by atoms with van der Waals surface area (Å²) in [6, 6.07) is 4.83. The maximum absolute atomic E-state index is 12.3. The number of ether oxygens (including phenoxy) is 1. The van der Waals surface area contributed by atoms with Crippen LogP contribution in [0.4, 0.5) is 36.2 Å². The first-order chi connectivity index (χ1) is 13.8. The van der Waals surface area contributed by atoms with Gasteiger partial charge in [0.1, 0.15) is 12.1 Å². The third kappa shape index (κ3) is 5.22. The lowest BCUT2D eigenvalue weighted by Gasteiger charge is -2.34. The Morgan fingerprint density at radius 3 is 2.38 bits per heavy atom. The highest BCUT2D eigenvalue weighted by molar-refractivity contribution is 5.74. The van der Waals surface area contributed by atoms with Crippen LogP contribution in [0, 0.1) is 10.1 Å². The number of benzene rings is 1. The van der Waals surface area contributed by atoms with Gasteiger partial charge < -0.3 is 19.9 Å². The van der Waals surface area contributed by atoms with Crippen LogP contribution in [0.3, 0.4) is 0 Å². The fourth-order valence-corrected chi connectivity index (χ4v) is 3.01. The lowest BCUT2D eigenvalue weighted by Crippen LogP contribution is -2.46. The van der Waals surface area contributed by atoms with Crippen molar-refractivity contribution in [1.82, 2.24) is 14.9 Å². The van der Waals surface area contributed by atoms with Crippen LogP contribution >= 0.6 is 0 Å². The van der Waals surface area contributed by atoms with Crippen molar-refractivity contribution in [1.29, 1.82) is 0 Å². The van der Waals surface area contributed by atoms with Crippen LogP contribution in [0.25, 0.3) is 0 Å². The number of alkyl halides is 3. The molecule has 0 radical (unpaired) electrons. The first kappa shape index (κ1) is 20.6. The number of nitrogens with one attached hydrogen (secondary N) is 1. The van der Waals surface area contributed by atoms with Gasteiger partial charge in [-0.15, -0.1) is 13.2 Å². The van der Waals surface area contributed by atoms with Crippen LogP contribution in [0.5, 0.6) is 5.75 Å². The number of halogens is 3. The number of hydrogen-bond donors (Lipinski definition) is 1. The van der Waals surface area contributed by atoms with Gasteiger partial charge in [-0.05, 0) is 30.8 Å². The van der Waals surface area contributed by atoms with Gasteiger partial charge in [-0.1, -0.05) is 6.92 Å². The highest BCUT2D eigenvalue weighted by atomic mass is 19.4. The highest BCUT2D eigenvalue weighted by Crippen LogP contribution is 2.34. The molecule has 3 rings (SSSR count). The molecule has 0 spiro atoms. The number of nitrogens with zero attached hydrogens (tertiary/aromatic N) is 5. The molecule has 1 aliphatic heterocycles. The van der Waals surface area contributed by atoms with E-state index < -0.39 is 17.0 Å². The Kier molecular flexibility index (Phi) is 6.01. The molecular weight excluding hydrogens is 393 g/mol. The van der Waals surface area contributed by atoms with Crippen molar-refractivity contribution in [3.8, 4) is 5.75 Å². The number of hydrogen-bond acceptors (Lipinski definition) is 8. The van der Waals surface area contributed by atoms with E-state index in [0.29, 0.717) is 18.8 Å². The Bertz CT molecular complexity index is 854. The van der Waals surface area contributed by atoms with Gasteiger partial charge in [0.2, 0.25) is 11.6 Å². The molecule has 0 unspecified atom stereocenters. The number of piperazine rings is 1. The van der Waals surface area contributed by atoms with Crippen molar-refractivity contribution in [2.45, 2.75) is 13.3 Å². The fourth-order valence-electron chi connectivity index (χ4n) is 3.01. The predicted octanol–water partition coefficient (Wildman–Crippen LogP) is 3.17. The SMILES string of the molecule is CCN1CCN(c2ncnc(Nc3ccc(OC(F)(F)F)cc3)c2[N+](=O)[O-])CC1. The van der Waals surface area contributed by atoms with E-state index in [1.165, 1.54) is 18.5 Å². The molecule has 1 aromatic heterocycles. The number of rotatable bonds is 6. The predicted molar refractivity (Wildman–Crippen MR) is 99.4 cm³/mol. The van der Waals surface area contributed by atoms with Crippen molar-refractivity contribution in [3.05, 3.63) is 40.7 Å². The summed E-state index contributed by atoms with van der Waals surface area (Å²) in [6.07, 6.45) is -3.57. The van der Waals surface area contributed by atoms with E-state index in [4.69, 9.17) is 0 Å². The van der Waals surface area contributed by atoms with Gasteiger partial charge in [0.25, 0.3) is 0 Å². The molecule has 1 fully saturated rings. The molecule has 0 amide bonds. The van der Waals surface area contributed by atoms with Gasteiger partial charge >= 0.3 is 12.0 Å². The van der Waals surface area contributed by atoms with Crippen LogP contribution in [0.2, 0.25) is 0 Å². The molecular formula is C17H19F3N6O3. The van der Waals surface area contributed by atoms with Crippen molar-refractivity contribution in [2.75, 3.05) is 42.9 Å². The van der Waals surface area contributed by atoms with Gasteiger partial charge in [0, 0.05) is 31.9 Å². The topological polar surface area (TPSA) is 96.7 Å². The molecule has 0 saturated carbocycles. The summed E-state index contributed by atoms with van der Waals surface area (Å²) in [6.45, 7) is 5.67. The molecule has 1 N–H and O–H groups in total. The molecule has 1 saturated heterocycles. The Labute approximate surface area is 164 Å². The van der Waals surface area contributed by atoms with E-state index in [0.717, 1.165) is 31.8 Å². The molecule has 12 heteroatoms. The fraction of sp³-hybridized carbons (Fsp3) is 0.412. The molecule has 0 aliphatic carbocycles. The number of anilines is 3. The van der Waals surface area contributed by atoms with Crippen LogP contribution in [0.15, 0.2) is 30.6 Å². The summed E-state index contributed by atoms with van der Waals surface area (Å²) in [4.78, 5) is 23.3. The lowest BCUT2D eigenvalue weighted by molar-refractivity contribution is -0.383. The summed E-state index contributed by atoms with van der Waals surface area (Å²) in [5.74, 6) is -0.225. The largest absolute Gasteiger partial charge is 0.573 e. The van der Waals surface area contributed by atoms with E-state index in [1.807, 2.05) is 4.90 Å². The molecule has 9 nitrogen and oxygen atoms in total. The number of nitro groups is 1. The summed E-state index contributed by atoms with van der Waals surface area (Å²) < 4.78 is 40.6. The summed E-state index contributed by atoms with van der Waals surface area (Å²) in [7, 11) is 0. The minimum absolute atomic E-state index is 0.0394. The van der Waals surface area contributed by atoms with Gasteiger partial charge in [-0.2, -0.15) is 0 Å². The Hall–Kier alpha value is -3.15. The first-order valence-electron chi connectivity index (χ1n) is 8.86. The lowest BCUT2D eigenvalue weighted by atomic mass is 10.2. The van der Waals surface area contributed by atoms with Gasteiger partial charge in [0.05, 0.1) is 4.92 Å². The zero-order valence-corrected chi connectivity index (χ0v) is 15.5. The maximum atomic E-state index is 12.3. The van der Waals surface area contributed by atoms with Crippen LogP contribution < -0.4 is 15.0 Å². The Balaban J connectivity index is 1.82. The second-order valence-electron chi connectivity index (χ2n) is 6.27. The maximum Gasteiger partial charge on any atom is 0.573 e. The van der Waals surface area contributed by atoms with Gasteiger partial charge in [-0.3, -0.25) is 10.1 Å². The monoisotopic (exact) mass is 412 g/mol.